The van der Waals surface area contributed by atoms with Gasteiger partial charge in [-0.3, -0.25) is 28.9 Å². The molecule has 0 bridgehead atoms. The predicted molar refractivity (Wildman–Crippen MR) is 103 cm³/mol. The van der Waals surface area contributed by atoms with E-state index in [1.165, 1.54) is 7.05 Å². The number of rotatable bonds is 7. The van der Waals surface area contributed by atoms with Gasteiger partial charge in [-0.1, -0.05) is 12.1 Å². The SMILES string of the molecule is CN(CC(=O)NC(C)(C)C)C(=O)COC(=O)CCN1C(=O)c2ccccc2C1=O. The highest BCUT2D eigenvalue weighted by Gasteiger charge is 2.35. The molecular weight excluding hydrogens is 378 g/mol. The van der Waals surface area contributed by atoms with Gasteiger partial charge in [-0.15, -0.1) is 0 Å². The van der Waals surface area contributed by atoms with Gasteiger partial charge in [0, 0.05) is 19.1 Å². The molecule has 0 saturated heterocycles. The van der Waals surface area contributed by atoms with Crippen molar-refractivity contribution in [3.8, 4) is 0 Å². The van der Waals surface area contributed by atoms with E-state index in [-0.39, 0.29) is 25.4 Å². The number of carbonyl (C=O) groups is 5. The minimum absolute atomic E-state index is 0.136. The van der Waals surface area contributed by atoms with Crippen LogP contribution in [0.3, 0.4) is 0 Å². The Hall–Kier alpha value is -3.23. The molecule has 156 valence electrons. The summed E-state index contributed by atoms with van der Waals surface area (Å²) < 4.78 is 4.90. The Kier molecular flexibility index (Phi) is 6.73. The van der Waals surface area contributed by atoms with E-state index < -0.39 is 35.8 Å². The molecule has 1 heterocycles. The Morgan fingerprint density at radius 2 is 1.62 bits per heavy atom. The van der Waals surface area contributed by atoms with Crippen molar-refractivity contribution in [2.45, 2.75) is 32.7 Å². The van der Waals surface area contributed by atoms with E-state index in [0.717, 1.165) is 9.80 Å². The van der Waals surface area contributed by atoms with Gasteiger partial charge in [0.15, 0.2) is 6.61 Å². The summed E-state index contributed by atoms with van der Waals surface area (Å²) in [5.41, 5.74) is 0.185. The van der Waals surface area contributed by atoms with Gasteiger partial charge in [-0.2, -0.15) is 0 Å². The predicted octanol–water partition coefficient (Wildman–Crippen LogP) is 0.589. The molecule has 1 aliphatic heterocycles. The molecule has 9 nitrogen and oxygen atoms in total. The van der Waals surface area contributed by atoms with E-state index in [9.17, 15) is 24.0 Å². The fourth-order valence-electron chi connectivity index (χ4n) is 2.73. The number of esters is 1. The zero-order valence-corrected chi connectivity index (χ0v) is 17.0. The van der Waals surface area contributed by atoms with E-state index in [4.69, 9.17) is 4.74 Å². The van der Waals surface area contributed by atoms with Crippen LogP contribution in [0.25, 0.3) is 0 Å². The van der Waals surface area contributed by atoms with E-state index >= 15 is 0 Å². The summed E-state index contributed by atoms with van der Waals surface area (Å²) in [6, 6.07) is 6.42. The monoisotopic (exact) mass is 403 g/mol. The number of carbonyl (C=O) groups excluding carboxylic acids is 5. The van der Waals surface area contributed by atoms with Gasteiger partial charge in [0.05, 0.1) is 24.1 Å². The number of ether oxygens (including phenoxy) is 1. The molecule has 1 aromatic carbocycles. The van der Waals surface area contributed by atoms with Gasteiger partial charge < -0.3 is 15.0 Å². The third-order valence-corrected chi connectivity index (χ3v) is 4.10. The van der Waals surface area contributed by atoms with Gasteiger partial charge in [0.1, 0.15) is 0 Å². The Morgan fingerprint density at radius 3 is 2.14 bits per heavy atom. The Labute approximate surface area is 169 Å². The molecule has 29 heavy (non-hydrogen) atoms. The lowest BCUT2D eigenvalue weighted by atomic mass is 10.1. The minimum atomic E-state index is -0.720. The fraction of sp³-hybridized carbons (Fsp3) is 0.450. The lowest BCUT2D eigenvalue weighted by Crippen LogP contribution is -2.47. The number of hydrogen-bond donors (Lipinski definition) is 1. The lowest BCUT2D eigenvalue weighted by molar-refractivity contribution is -0.152. The summed E-state index contributed by atoms with van der Waals surface area (Å²) in [7, 11) is 1.43. The molecule has 2 rings (SSSR count). The normalized spacial score (nSPS) is 13.2. The highest BCUT2D eigenvalue weighted by Crippen LogP contribution is 2.22. The summed E-state index contributed by atoms with van der Waals surface area (Å²) in [4.78, 5) is 62.3. The molecule has 1 N–H and O–H groups in total. The molecule has 0 aliphatic carbocycles. The number of imide groups is 1. The summed E-state index contributed by atoms with van der Waals surface area (Å²) in [6.07, 6.45) is -0.229. The van der Waals surface area contributed by atoms with Crippen LogP contribution in [0.2, 0.25) is 0 Å². The number of nitrogens with one attached hydrogen (secondary N) is 1. The van der Waals surface area contributed by atoms with Crippen LogP contribution in [0.1, 0.15) is 47.9 Å². The standard InChI is InChI=1S/C20H25N3O6/c1-20(2,3)21-15(24)11-22(4)16(25)12-29-17(26)9-10-23-18(27)13-7-5-6-8-14(13)19(23)28/h5-8H,9-12H2,1-4H3,(H,21,24). The van der Waals surface area contributed by atoms with Crippen molar-refractivity contribution < 1.29 is 28.7 Å². The maximum Gasteiger partial charge on any atom is 0.308 e. The first-order valence-corrected chi connectivity index (χ1v) is 9.15. The second-order valence-corrected chi connectivity index (χ2v) is 7.77. The van der Waals surface area contributed by atoms with E-state index in [1.54, 1.807) is 24.3 Å². The van der Waals surface area contributed by atoms with Crippen LogP contribution < -0.4 is 5.32 Å². The number of likely N-dealkylation sites (N-methyl/N-ethyl adjacent to an activating group) is 1. The second-order valence-electron chi connectivity index (χ2n) is 7.77. The largest absolute Gasteiger partial charge is 0.456 e. The van der Waals surface area contributed by atoms with Crippen molar-refractivity contribution in [3.05, 3.63) is 35.4 Å². The molecule has 1 aromatic rings. The van der Waals surface area contributed by atoms with Crippen molar-refractivity contribution in [2.75, 3.05) is 26.7 Å². The summed E-state index contributed by atoms with van der Waals surface area (Å²) in [6.45, 7) is 4.64. The molecule has 0 unspecified atom stereocenters. The summed E-state index contributed by atoms with van der Waals surface area (Å²) in [5, 5.41) is 2.73. The van der Waals surface area contributed by atoms with Gasteiger partial charge >= 0.3 is 5.97 Å². The molecule has 0 spiro atoms. The van der Waals surface area contributed by atoms with Gasteiger partial charge in [-0.25, -0.2) is 0 Å². The first-order valence-electron chi connectivity index (χ1n) is 9.15. The van der Waals surface area contributed by atoms with E-state index in [2.05, 4.69) is 5.32 Å². The Balaban J connectivity index is 1.76. The third kappa shape index (κ3) is 5.87. The lowest BCUT2D eigenvalue weighted by Gasteiger charge is -2.23. The number of hydrogen-bond acceptors (Lipinski definition) is 6. The minimum Gasteiger partial charge on any atom is -0.456 e. The highest BCUT2D eigenvalue weighted by atomic mass is 16.5. The quantitative estimate of drug-likeness (QED) is 0.527. The average molecular weight is 403 g/mol. The van der Waals surface area contributed by atoms with Crippen molar-refractivity contribution >= 4 is 29.6 Å². The number of fused-ring (bicyclic) bond motifs is 1. The summed E-state index contributed by atoms with van der Waals surface area (Å²) in [5.74, 6) is -2.51. The van der Waals surface area contributed by atoms with Gasteiger partial charge in [-0.05, 0) is 32.9 Å². The third-order valence-electron chi connectivity index (χ3n) is 4.10. The van der Waals surface area contributed by atoms with Gasteiger partial charge in [0.25, 0.3) is 17.7 Å². The molecule has 0 radical (unpaired) electrons. The number of amides is 4. The van der Waals surface area contributed by atoms with Crippen LogP contribution in [0, 0.1) is 0 Å². The van der Waals surface area contributed by atoms with Crippen LogP contribution in [-0.2, 0) is 19.1 Å². The molecule has 9 heteroatoms. The van der Waals surface area contributed by atoms with Crippen molar-refractivity contribution in [2.24, 2.45) is 0 Å². The molecular formula is C20H25N3O6. The number of benzene rings is 1. The Morgan fingerprint density at radius 1 is 1.07 bits per heavy atom. The maximum absolute atomic E-state index is 12.2. The molecule has 0 fully saturated rings. The molecule has 1 aliphatic rings. The Bertz CT molecular complexity index is 808. The van der Waals surface area contributed by atoms with Crippen LogP contribution in [-0.4, -0.2) is 71.7 Å². The van der Waals surface area contributed by atoms with Crippen LogP contribution in [0.5, 0.6) is 0 Å². The summed E-state index contributed by atoms with van der Waals surface area (Å²) >= 11 is 0. The molecule has 4 amide bonds. The van der Waals surface area contributed by atoms with Crippen LogP contribution >= 0.6 is 0 Å². The van der Waals surface area contributed by atoms with Crippen molar-refractivity contribution in [1.29, 1.82) is 0 Å². The fourth-order valence-corrected chi connectivity index (χ4v) is 2.73. The van der Waals surface area contributed by atoms with Gasteiger partial charge in [0.2, 0.25) is 5.91 Å². The average Bonchev–Trinajstić information content (AvgIpc) is 2.87. The first-order chi connectivity index (χ1) is 13.5. The highest BCUT2D eigenvalue weighted by molar-refractivity contribution is 6.21. The molecule has 0 aromatic heterocycles. The smallest absolute Gasteiger partial charge is 0.308 e. The zero-order chi connectivity index (χ0) is 21.8. The zero-order valence-electron chi connectivity index (χ0n) is 17.0. The maximum atomic E-state index is 12.2. The molecule has 0 saturated carbocycles. The van der Waals surface area contributed by atoms with E-state index in [0.29, 0.717) is 11.1 Å². The van der Waals surface area contributed by atoms with Crippen molar-refractivity contribution in [3.63, 3.8) is 0 Å². The second kappa shape index (κ2) is 8.85. The van der Waals surface area contributed by atoms with Crippen LogP contribution in [0.15, 0.2) is 24.3 Å². The van der Waals surface area contributed by atoms with E-state index in [1.807, 2.05) is 20.8 Å². The number of nitrogens with zero attached hydrogens (tertiary/aromatic N) is 2. The topological polar surface area (TPSA) is 113 Å². The first kappa shape index (κ1) is 22.1. The van der Waals surface area contributed by atoms with Crippen molar-refractivity contribution in [1.82, 2.24) is 15.1 Å². The molecule has 0 atom stereocenters. The van der Waals surface area contributed by atoms with Crippen LogP contribution in [0.4, 0.5) is 0 Å².